The molecule has 0 N–H and O–H groups in total. The number of carbonyl (C=O) groups excluding carboxylic acids is 1. The Bertz CT molecular complexity index is 839. The molecular weight excluding hydrogens is 369 g/mol. The van der Waals surface area contributed by atoms with Crippen molar-refractivity contribution < 1.29 is 26.7 Å². The predicted octanol–water partition coefficient (Wildman–Crippen LogP) is 3.27. The summed E-state index contributed by atoms with van der Waals surface area (Å²) < 4.78 is 66.8. The standard InChI is InChI=1S/C15H11ClF5N3O/c16-14-7-3-4-23(6-11(19)20)15(25)13(7)22-24(14)5-8-9(17)1-2-10(18)12(8)21/h1-2,11H,3-6H2. The van der Waals surface area contributed by atoms with Gasteiger partial charge >= 0.3 is 0 Å². The highest BCUT2D eigenvalue weighted by Crippen LogP contribution is 2.28. The number of aromatic nitrogens is 2. The molecule has 3 rings (SSSR count). The lowest BCUT2D eigenvalue weighted by molar-refractivity contribution is 0.0532. The van der Waals surface area contributed by atoms with Gasteiger partial charge in [-0.3, -0.25) is 4.79 Å². The molecule has 0 unspecified atom stereocenters. The maximum atomic E-state index is 13.8. The van der Waals surface area contributed by atoms with Crippen LogP contribution in [0.4, 0.5) is 22.0 Å². The molecule has 0 radical (unpaired) electrons. The Morgan fingerprint density at radius 2 is 1.88 bits per heavy atom. The van der Waals surface area contributed by atoms with E-state index in [9.17, 15) is 26.7 Å². The molecule has 10 heteroatoms. The number of hydrogen-bond donors (Lipinski definition) is 0. The maximum Gasteiger partial charge on any atom is 0.274 e. The molecule has 1 amide bonds. The van der Waals surface area contributed by atoms with Gasteiger partial charge in [-0.2, -0.15) is 5.10 Å². The first kappa shape index (κ1) is 17.7. The molecule has 0 fully saturated rings. The average Bonchev–Trinajstić information content (AvgIpc) is 2.87. The van der Waals surface area contributed by atoms with Crippen LogP contribution in [0.5, 0.6) is 0 Å². The van der Waals surface area contributed by atoms with Crippen molar-refractivity contribution in [1.82, 2.24) is 14.7 Å². The van der Waals surface area contributed by atoms with E-state index >= 15 is 0 Å². The molecule has 1 aromatic carbocycles. The summed E-state index contributed by atoms with van der Waals surface area (Å²) in [5, 5.41) is 3.85. The van der Waals surface area contributed by atoms with Crippen molar-refractivity contribution in [2.45, 2.75) is 19.4 Å². The number of fused-ring (bicyclic) bond motifs is 1. The summed E-state index contributed by atoms with van der Waals surface area (Å²) in [5.41, 5.74) is -0.429. The Kier molecular flexibility index (Phi) is 4.68. The van der Waals surface area contributed by atoms with Gasteiger partial charge in [0.25, 0.3) is 12.3 Å². The van der Waals surface area contributed by atoms with Gasteiger partial charge in [0.2, 0.25) is 0 Å². The number of carbonyl (C=O) groups is 1. The fourth-order valence-corrected chi connectivity index (χ4v) is 2.96. The number of alkyl halides is 2. The number of hydrogen-bond acceptors (Lipinski definition) is 2. The molecule has 134 valence electrons. The van der Waals surface area contributed by atoms with Gasteiger partial charge in [0.05, 0.1) is 13.1 Å². The van der Waals surface area contributed by atoms with Crippen LogP contribution in [0.2, 0.25) is 5.15 Å². The molecule has 1 aromatic heterocycles. The van der Waals surface area contributed by atoms with Gasteiger partial charge in [0.1, 0.15) is 11.0 Å². The Balaban J connectivity index is 1.94. The summed E-state index contributed by atoms with van der Waals surface area (Å²) in [6, 6.07) is 1.41. The Morgan fingerprint density at radius 1 is 1.20 bits per heavy atom. The van der Waals surface area contributed by atoms with Crippen LogP contribution in [0, 0.1) is 17.5 Å². The van der Waals surface area contributed by atoms with Crippen LogP contribution in [-0.2, 0) is 13.0 Å². The first-order valence-electron chi connectivity index (χ1n) is 7.24. The average molecular weight is 380 g/mol. The number of halogens is 6. The summed E-state index contributed by atoms with van der Waals surface area (Å²) in [7, 11) is 0. The zero-order valence-corrected chi connectivity index (χ0v) is 13.3. The number of rotatable bonds is 4. The smallest absolute Gasteiger partial charge is 0.274 e. The zero-order valence-electron chi connectivity index (χ0n) is 12.6. The molecule has 2 heterocycles. The van der Waals surface area contributed by atoms with E-state index in [1.807, 2.05) is 0 Å². The molecule has 0 bridgehead atoms. The Hall–Kier alpha value is -2.16. The first-order chi connectivity index (χ1) is 11.8. The number of amides is 1. The molecule has 2 aromatic rings. The summed E-state index contributed by atoms with van der Waals surface area (Å²) in [5.74, 6) is -4.34. The second kappa shape index (κ2) is 6.62. The van der Waals surface area contributed by atoms with Crippen molar-refractivity contribution in [1.29, 1.82) is 0 Å². The zero-order chi connectivity index (χ0) is 18.3. The van der Waals surface area contributed by atoms with Crippen molar-refractivity contribution in [2.75, 3.05) is 13.1 Å². The second-order valence-electron chi connectivity index (χ2n) is 5.49. The minimum absolute atomic E-state index is 0.0320. The fourth-order valence-electron chi connectivity index (χ4n) is 2.68. The molecule has 1 aliphatic rings. The van der Waals surface area contributed by atoms with Crippen molar-refractivity contribution >= 4 is 17.5 Å². The minimum atomic E-state index is -2.70. The van der Waals surface area contributed by atoms with Crippen molar-refractivity contribution in [2.24, 2.45) is 0 Å². The summed E-state index contributed by atoms with van der Waals surface area (Å²) >= 11 is 6.10. The third kappa shape index (κ3) is 3.20. The van der Waals surface area contributed by atoms with Gasteiger partial charge in [0, 0.05) is 17.7 Å². The van der Waals surface area contributed by atoms with Gasteiger partial charge in [-0.15, -0.1) is 0 Å². The third-order valence-corrected chi connectivity index (χ3v) is 4.33. The molecule has 0 atom stereocenters. The van der Waals surface area contributed by atoms with Gasteiger partial charge in [-0.25, -0.2) is 26.6 Å². The first-order valence-corrected chi connectivity index (χ1v) is 7.62. The lowest BCUT2D eigenvalue weighted by atomic mass is 10.1. The molecular formula is C15H11ClF5N3O. The third-order valence-electron chi connectivity index (χ3n) is 3.91. The Labute approximate surface area is 143 Å². The van der Waals surface area contributed by atoms with Crippen molar-refractivity contribution in [3.05, 3.63) is 51.6 Å². The van der Waals surface area contributed by atoms with E-state index in [-0.39, 0.29) is 23.8 Å². The summed E-state index contributed by atoms with van der Waals surface area (Å²) in [4.78, 5) is 13.1. The fraction of sp³-hybridized carbons (Fsp3) is 0.333. The molecule has 25 heavy (non-hydrogen) atoms. The monoisotopic (exact) mass is 379 g/mol. The van der Waals surface area contributed by atoms with E-state index < -0.39 is 48.4 Å². The van der Waals surface area contributed by atoms with E-state index in [0.29, 0.717) is 11.6 Å². The van der Waals surface area contributed by atoms with Gasteiger partial charge in [-0.05, 0) is 18.6 Å². The quantitative estimate of drug-likeness (QED) is 0.604. The van der Waals surface area contributed by atoms with Crippen LogP contribution in [0.15, 0.2) is 12.1 Å². The molecule has 0 saturated carbocycles. The second-order valence-corrected chi connectivity index (χ2v) is 5.85. The molecule has 0 spiro atoms. The highest BCUT2D eigenvalue weighted by molar-refractivity contribution is 6.31. The topological polar surface area (TPSA) is 38.1 Å². The highest BCUT2D eigenvalue weighted by Gasteiger charge is 2.32. The summed E-state index contributed by atoms with van der Waals surface area (Å²) in [6.45, 7) is -1.25. The minimum Gasteiger partial charge on any atom is -0.331 e. The molecule has 1 aliphatic heterocycles. The highest BCUT2D eigenvalue weighted by atomic mass is 35.5. The summed E-state index contributed by atoms with van der Waals surface area (Å²) in [6.07, 6.45) is -2.51. The predicted molar refractivity (Wildman–Crippen MR) is 78.3 cm³/mol. The molecule has 4 nitrogen and oxygen atoms in total. The van der Waals surface area contributed by atoms with Gasteiger partial charge in [0.15, 0.2) is 17.3 Å². The van der Waals surface area contributed by atoms with Crippen molar-refractivity contribution in [3.8, 4) is 0 Å². The largest absolute Gasteiger partial charge is 0.331 e. The lowest BCUT2D eigenvalue weighted by Crippen LogP contribution is -2.40. The van der Waals surface area contributed by atoms with Crippen LogP contribution >= 0.6 is 11.6 Å². The van der Waals surface area contributed by atoms with Gasteiger partial charge < -0.3 is 4.90 Å². The normalized spacial score (nSPS) is 14.4. The van der Waals surface area contributed by atoms with E-state index in [1.54, 1.807) is 0 Å². The number of benzene rings is 1. The van der Waals surface area contributed by atoms with Crippen LogP contribution in [0.25, 0.3) is 0 Å². The van der Waals surface area contributed by atoms with E-state index in [4.69, 9.17) is 11.6 Å². The van der Waals surface area contributed by atoms with Crippen molar-refractivity contribution in [3.63, 3.8) is 0 Å². The molecule has 0 aliphatic carbocycles. The SMILES string of the molecule is O=C1c2nn(Cc3c(F)ccc(F)c3F)c(Cl)c2CCN1CC(F)F. The van der Waals surface area contributed by atoms with Gasteiger partial charge in [-0.1, -0.05) is 11.6 Å². The molecule has 0 saturated heterocycles. The lowest BCUT2D eigenvalue weighted by Gasteiger charge is -2.25. The van der Waals surface area contributed by atoms with Crippen LogP contribution in [-0.4, -0.2) is 40.1 Å². The van der Waals surface area contributed by atoms with Crippen LogP contribution in [0.1, 0.15) is 21.6 Å². The Morgan fingerprint density at radius 3 is 2.56 bits per heavy atom. The van der Waals surface area contributed by atoms with E-state index in [1.165, 1.54) is 0 Å². The van der Waals surface area contributed by atoms with Crippen LogP contribution in [0.3, 0.4) is 0 Å². The van der Waals surface area contributed by atoms with Crippen LogP contribution < -0.4 is 0 Å². The number of nitrogens with zero attached hydrogens (tertiary/aromatic N) is 3. The maximum absolute atomic E-state index is 13.8. The van der Waals surface area contributed by atoms with E-state index in [2.05, 4.69) is 5.10 Å². The van der Waals surface area contributed by atoms with E-state index in [0.717, 1.165) is 15.6 Å².